The Morgan fingerprint density at radius 2 is 1.75 bits per heavy atom. The van der Waals surface area contributed by atoms with Crippen LogP contribution in [0.15, 0.2) is 52.3 Å². The number of nitrogens with zero attached hydrogens (tertiary/aromatic N) is 1. The molecule has 0 saturated carbocycles. The summed E-state index contributed by atoms with van der Waals surface area (Å²) in [7, 11) is -6.36. The summed E-state index contributed by atoms with van der Waals surface area (Å²) < 4.78 is 65.5. The van der Waals surface area contributed by atoms with Gasteiger partial charge in [0.2, 0.25) is 10.0 Å². The minimum absolute atomic E-state index is 0.0960. The van der Waals surface area contributed by atoms with Gasteiger partial charge in [0.05, 0.1) is 30.9 Å². The van der Waals surface area contributed by atoms with E-state index in [4.69, 9.17) is 9.47 Å². The number of aryl methyl sites for hydroxylation is 1. The van der Waals surface area contributed by atoms with Crippen LogP contribution in [-0.2, 0) is 24.8 Å². The van der Waals surface area contributed by atoms with Gasteiger partial charge in [0.15, 0.2) is 0 Å². The molecule has 3 rings (SSSR count). The molecule has 0 atom stereocenters. The molecule has 0 bridgehead atoms. The van der Waals surface area contributed by atoms with Crippen molar-refractivity contribution in [1.29, 1.82) is 0 Å². The summed E-state index contributed by atoms with van der Waals surface area (Å²) >= 11 is 0. The van der Waals surface area contributed by atoms with Gasteiger partial charge in [-0.25, -0.2) is 16.8 Å². The van der Waals surface area contributed by atoms with E-state index >= 15 is 0 Å². The van der Waals surface area contributed by atoms with E-state index in [0.717, 1.165) is 5.56 Å². The Morgan fingerprint density at radius 3 is 2.39 bits per heavy atom. The van der Waals surface area contributed by atoms with Crippen molar-refractivity contribution >= 4 is 25.7 Å². The molecular weight excluding hydrogens is 404 g/mol. The van der Waals surface area contributed by atoms with E-state index in [-0.39, 0.29) is 34.3 Å². The number of rotatable bonds is 6. The smallest absolute Gasteiger partial charge is 0.261 e. The second-order valence-electron chi connectivity index (χ2n) is 6.30. The van der Waals surface area contributed by atoms with Gasteiger partial charge in [-0.2, -0.15) is 4.31 Å². The second-order valence-corrected chi connectivity index (χ2v) is 9.89. The molecule has 28 heavy (non-hydrogen) atoms. The van der Waals surface area contributed by atoms with E-state index in [2.05, 4.69) is 4.72 Å². The maximum atomic E-state index is 13.0. The summed E-state index contributed by atoms with van der Waals surface area (Å²) in [5, 5.41) is 0. The van der Waals surface area contributed by atoms with Crippen LogP contribution in [0.2, 0.25) is 0 Å². The maximum Gasteiger partial charge on any atom is 0.261 e. The lowest BCUT2D eigenvalue weighted by atomic mass is 10.2. The zero-order valence-electron chi connectivity index (χ0n) is 15.6. The summed E-state index contributed by atoms with van der Waals surface area (Å²) in [4.78, 5) is 0.00208. The van der Waals surface area contributed by atoms with Crippen LogP contribution in [0.3, 0.4) is 0 Å². The van der Waals surface area contributed by atoms with Gasteiger partial charge in [0, 0.05) is 13.1 Å². The number of methoxy groups -OCH3 is 1. The number of nitrogens with one attached hydrogen (secondary N) is 1. The van der Waals surface area contributed by atoms with Gasteiger partial charge < -0.3 is 9.47 Å². The molecule has 0 radical (unpaired) electrons. The van der Waals surface area contributed by atoms with E-state index in [1.165, 1.54) is 41.7 Å². The van der Waals surface area contributed by atoms with Crippen molar-refractivity contribution in [2.24, 2.45) is 0 Å². The molecule has 0 amide bonds. The highest BCUT2D eigenvalue weighted by molar-refractivity contribution is 7.92. The van der Waals surface area contributed by atoms with Crippen LogP contribution in [0.5, 0.6) is 5.75 Å². The lowest BCUT2D eigenvalue weighted by Crippen LogP contribution is -2.40. The van der Waals surface area contributed by atoms with Crippen molar-refractivity contribution in [1.82, 2.24) is 4.31 Å². The van der Waals surface area contributed by atoms with Crippen LogP contribution in [0.25, 0.3) is 0 Å². The van der Waals surface area contributed by atoms with Gasteiger partial charge in [0.25, 0.3) is 10.0 Å². The van der Waals surface area contributed by atoms with Crippen molar-refractivity contribution in [2.45, 2.75) is 16.7 Å². The summed E-state index contributed by atoms with van der Waals surface area (Å²) in [6.07, 6.45) is 0. The molecule has 0 unspecified atom stereocenters. The molecule has 8 nitrogen and oxygen atoms in total. The molecular formula is C18H22N2O6S2. The molecule has 1 aliphatic heterocycles. The van der Waals surface area contributed by atoms with Gasteiger partial charge in [0.1, 0.15) is 10.6 Å². The van der Waals surface area contributed by atoms with Crippen molar-refractivity contribution in [3.05, 3.63) is 48.0 Å². The van der Waals surface area contributed by atoms with Crippen LogP contribution in [0.1, 0.15) is 5.56 Å². The normalized spacial score (nSPS) is 15.9. The number of anilines is 1. The van der Waals surface area contributed by atoms with Gasteiger partial charge in [-0.1, -0.05) is 12.1 Å². The van der Waals surface area contributed by atoms with Crippen LogP contribution in [-0.4, -0.2) is 54.6 Å². The minimum Gasteiger partial charge on any atom is -0.495 e. The van der Waals surface area contributed by atoms with Gasteiger partial charge in [-0.3, -0.25) is 4.72 Å². The first-order valence-corrected chi connectivity index (χ1v) is 11.5. The Labute approximate surface area is 165 Å². The van der Waals surface area contributed by atoms with E-state index in [1.807, 2.05) is 0 Å². The quantitative estimate of drug-likeness (QED) is 0.756. The first-order valence-electron chi connectivity index (χ1n) is 8.59. The third-order valence-corrected chi connectivity index (χ3v) is 7.60. The third-order valence-electron chi connectivity index (χ3n) is 4.30. The van der Waals surface area contributed by atoms with E-state index in [1.54, 1.807) is 19.1 Å². The molecule has 2 aromatic carbocycles. The number of hydrogen-bond donors (Lipinski definition) is 1. The van der Waals surface area contributed by atoms with Crippen LogP contribution in [0, 0.1) is 6.92 Å². The van der Waals surface area contributed by atoms with E-state index in [0.29, 0.717) is 13.2 Å². The number of ether oxygens (including phenoxy) is 2. The Kier molecular flexibility index (Phi) is 5.94. The molecule has 1 N–H and O–H groups in total. The fourth-order valence-electron chi connectivity index (χ4n) is 2.86. The van der Waals surface area contributed by atoms with Crippen molar-refractivity contribution in [2.75, 3.05) is 38.1 Å². The van der Waals surface area contributed by atoms with Crippen molar-refractivity contribution < 1.29 is 26.3 Å². The van der Waals surface area contributed by atoms with Gasteiger partial charge >= 0.3 is 0 Å². The lowest BCUT2D eigenvalue weighted by Gasteiger charge is -2.26. The largest absolute Gasteiger partial charge is 0.495 e. The number of sulfonamides is 2. The molecule has 1 saturated heterocycles. The Bertz CT molecular complexity index is 1060. The topological polar surface area (TPSA) is 102 Å². The molecule has 0 spiro atoms. The zero-order chi connectivity index (χ0) is 20.4. The second kappa shape index (κ2) is 8.08. The first kappa shape index (κ1) is 20.6. The Morgan fingerprint density at radius 1 is 1.04 bits per heavy atom. The standard InChI is InChI=1S/C18H22N2O6S2/c1-14-4-3-5-16(12-14)27(21,22)19-15-6-7-17(25-2)18(13-15)28(23,24)20-8-10-26-11-9-20/h3-7,12-13,19H,8-11H2,1-2H3. The number of morpholine rings is 1. The number of hydrogen-bond acceptors (Lipinski definition) is 6. The predicted molar refractivity (Wildman–Crippen MR) is 105 cm³/mol. The highest BCUT2D eigenvalue weighted by atomic mass is 32.2. The molecule has 10 heteroatoms. The predicted octanol–water partition coefficient (Wildman–Crippen LogP) is 1.83. The molecule has 0 aliphatic carbocycles. The van der Waals surface area contributed by atoms with Crippen LogP contribution in [0.4, 0.5) is 5.69 Å². The zero-order valence-corrected chi connectivity index (χ0v) is 17.2. The first-order chi connectivity index (χ1) is 13.2. The summed E-state index contributed by atoms with van der Waals surface area (Å²) in [5.41, 5.74) is 0.933. The highest BCUT2D eigenvalue weighted by Crippen LogP contribution is 2.31. The molecule has 2 aromatic rings. The Balaban J connectivity index is 1.97. The highest BCUT2D eigenvalue weighted by Gasteiger charge is 2.30. The van der Waals surface area contributed by atoms with Gasteiger partial charge in [-0.05, 0) is 42.8 Å². The average molecular weight is 427 g/mol. The monoisotopic (exact) mass is 426 g/mol. The van der Waals surface area contributed by atoms with Crippen molar-refractivity contribution in [3.8, 4) is 5.75 Å². The van der Waals surface area contributed by atoms with E-state index in [9.17, 15) is 16.8 Å². The summed E-state index contributed by atoms with van der Waals surface area (Å²) in [5.74, 6) is 0.144. The minimum atomic E-state index is -3.86. The third kappa shape index (κ3) is 4.30. The summed E-state index contributed by atoms with van der Waals surface area (Å²) in [6.45, 7) is 2.86. The Hall–Kier alpha value is -2.14. The average Bonchev–Trinajstić information content (AvgIpc) is 2.68. The maximum absolute atomic E-state index is 13.0. The molecule has 0 aromatic heterocycles. The van der Waals surface area contributed by atoms with E-state index < -0.39 is 20.0 Å². The molecule has 1 heterocycles. The number of benzene rings is 2. The van der Waals surface area contributed by atoms with Crippen molar-refractivity contribution in [3.63, 3.8) is 0 Å². The molecule has 152 valence electrons. The molecule has 1 aliphatic rings. The summed E-state index contributed by atoms with van der Waals surface area (Å²) in [6, 6.07) is 10.6. The lowest BCUT2D eigenvalue weighted by molar-refractivity contribution is 0.0729. The molecule has 1 fully saturated rings. The van der Waals surface area contributed by atoms with Gasteiger partial charge in [-0.15, -0.1) is 0 Å². The fraction of sp³-hybridized carbons (Fsp3) is 0.333. The fourth-order valence-corrected chi connectivity index (χ4v) is 5.61. The van der Waals surface area contributed by atoms with Crippen LogP contribution >= 0.6 is 0 Å². The van der Waals surface area contributed by atoms with Crippen LogP contribution < -0.4 is 9.46 Å². The SMILES string of the molecule is COc1ccc(NS(=O)(=O)c2cccc(C)c2)cc1S(=O)(=O)N1CCOCC1.